The molecule has 0 unspecified atom stereocenters. The molecule has 1 heterocycles. The lowest BCUT2D eigenvalue weighted by Gasteiger charge is -2.33. The molecule has 1 aliphatic carbocycles. The van der Waals surface area contributed by atoms with Crippen LogP contribution in [0.5, 0.6) is 0 Å². The van der Waals surface area contributed by atoms with Crippen molar-refractivity contribution in [2.75, 3.05) is 13.1 Å². The van der Waals surface area contributed by atoms with E-state index in [1.807, 2.05) is 0 Å². The summed E-state index contributed by atoms with van der Waals surface area (Å²) in [5.41, 5.74) is 5.91. The van der Waals surface area contributed by atoms with Gasteiger partial charge in [-0.2, -0.15) is 0 Å². The minimum atomic E-state index is 0.386. The second-order valence-electron chi connectivity index (χ2n) is 6.22. The summed E-state index contributed by atoms with van der Waals surface area (Å²) in [5.74, 6) is 1.84. The van der Waals surface area contributed by atoms with E-state index in [0.717, 1.165) is 51.1 Å². The van der Waals surface area contributed by atoms with Gasteiger partial charge in [-0.15, -0.1) is 0 Å². The van der Waals surface area contributed by atoms with Crippen molar-refractivity contribution < 1.29 is 4.79 Å². The van der Waals surface area contributed by atoms with Crippen molar-refractivity contribution in [1.82, 2.24) is 4.90 Å². The van der Waals surface area contributed by atoms with E-state index in [4.69, 9.17) is 5.73 Å². The Bertz CT molecular complexity index is 264. The normalized spacial score (nSPS) is 30.4. The van der Waals surface area contributed by atoms with E-state index < -0.39 is 0 Å². The summed E-state index contributed by atoms with van der Waals surface area (Å²) < 4.78 is 0. The third kappa shape index (κ3) is 3.71. The van der Waals surface area contributed by atoms with Crippen LogP contribution < -0.4 is 5.73 Å². The number of hydrogen-bond acceptors (Lipinski definition) is 2. The van der Waals surface area contributed by atoms with Crippen LogP contribution in [-0.2, 0) is 4.79 Å². The second kappa shape index (κ2) is 6.55. The molecule has 0 atom stereocenters. The van der Waals surface area contributed by atoms with E-state index >= 15 is 0 Å². The molecule has 2 rings (SSSR count). The molecule has 1 aliphatic heterocycles. The Hall–Kier alpha value is -0.570. The Morgan fingerprint density at radius 1 is 1.06 bits per heavy atom. The quantitative estimate of drug-likeness (QED) is 0.839. The molecule has 0 aromatic heterocycles. The molecule has 0 radical (unpaired) electrons. The van der Waals surface area contributed by atoms with E-state index in [2.05, 4.69) is 11.8 Å². The maximum Gasteiger partial charge on any atom is 0.222 e. The number of hydrogen-bond donors (Lipinski definition) is 1. The first-order chi connectivity index (χ1) is 8.69. The molecule has 2 fully saturated rings. The highest BCUT2D eigenvalue weighted by Gasteiger charge is 2.26. The van der Waals surface area contributed by atoms with Crippen molar-refractivity contribution in [1.29, 1.82) is 0 Å². The summed E-state index contributed by atoms with van der Waals surface area (Å²) in [6, 6.07) is 0.386. The topological polar surface area (TPSA) is 46.3 Å². The molecule has 18 heavy (non-hydrogen) atoms. The lowest BCUT2D eigenvalue weighted by Crippen LogP contribution is -2.39. The van der Waals surface area contributed by atoms with Gasteiger partial charge in [-0.3, -0.25) is 4.79 Å². The monoisotopic (exact) mass is 252 g/mol. The smallest absolute Gasteiger partial charge is 0.222 e. The summed E-state index contributed by atoms with van der Waals surface area (Å²) in [7, 11) is 0. The van der Waals surface area contributed by atoms with Gasteiger partial charge in [-0.25, -0.2) is 0 Å². The molecule has 104 valence electrons. The fourth-order valence-corrected chi connectivity index (χ4v) is 3.36. The SMILES string of the molecule is CCC1CCN(C(=O)CC2CCC(N)CC2)CC1. The van der Waals surface area contributed by atoms with Gasteiger partial charge < -0.3 is 10.6 Å². The van der Waals surface area contributed by atoms with Crippen molar-refractivity contribution in [3.05, 3.63) is 0 Å². The predicted octanol–water partition coefficient (Wildman–Crippen LogP) is 2.54. The number of piperidine rings is 1. The van der Waals surface area contributed by atoms with Gasteiger partial charge in [-0.1, -0.05) is 13.3 Å². The number of amides is 1. The van der Waals surface area contributed by atoms with Crippen LogP contribution in [0.3, 0.4) is 0 Å². The van der Waals surface area contributed by atoms with Gasteiger partial charge in [-0.05, 0) is 50.4 Å². The zero-order valence-electron chi connectivity index (χ0n) is 11.7. The molecular weight excluding hydrogens is 224 g/mol. The molecular formula is C15H28N2O. The lowest BCUT2D eigenvalue weighted by molar-refractivity contribution is -0.133. The van der Waals surface area contributed by atoms with Crippen molar-refractivity contribution in [2.45, 2.75) is 64.3 Å². The molecule has 0 spiro atoms. The Morgan fingerprint density at radius 3 is 2.22 bits per heavy atom. The van der Waals surface area contributed by atoms with Gasteiger partial charge in [0.05, 0.1) is 0 Å². The summed E-state index contributed by atoms with van der Waals surface area (Å²) in [5, 5.41) is 0. The molecule has 2 N–H and O–H groups in total. The molecule has 1 amide bonds. The van der Waals surface area contributed by atoms with Gasteiger partial charge >= 0.3 is 0 Å². The minimum absolute atomic E-state index is 0.386. The third-order valence-corrected chi connectivity index (χ3v) is 4.90. The Labute approximate surface area is 111 Å². The fraction of sp³-hybridized carbons (Fsp3) is 0.933. The van der Waals surface area contributed by atoms with E-state index in [0.29, 0.717) is 17.9 Å². The molecule has 0 aromatic rings. The maximum absolute atomic E-state index is 12.2. The molecule has 1 saturated carbocycles. The van der Waals surface area contributed by atoms with Crippen LogP contribution in [0.4, 0.5) is 0 Å². The minimum Gasteiger partial charge on any atom is -0.343 e. The van der Waals surface area contributed by atoms with Crippen LogP contribution in [0.1, 0.15) is 58.3 Å². The molecule has 3 heteroatoms. The van der Waals surface area contributed by atoms with Crippen LogP contribution in [0.25, 0.3) is 0 Å². The first kappa shape index (κ1) is 13.9. The van der Waals surface area contributed by atoms with Crippen LogP contribution in [0, 0.1) is 11.8 Å². The number of nitrogens with zero attached hydrogens (tertiary/aromatic N) is 1. The van der Waals surface area contributed by atoms with Gasteiger partial charge in [0.1, 0.15) is 0 Å². The summed E-state index contributed by atoms with van der Waals surface area (Å²) in [6.45, 7) is 4.24. The third-order valence-electron chi connectivity index (χ3n) is 4.90. The van der Waals surface area contributed by atoms with E-state index in [1.54, 1.807) is 0 Å². The van der Waals surface area contributed by atoms with Gasteiger partial charge in [0.25, 0.3) is 0 Å². The van der Waals surface area contributed by atoms with E-state index in [-0.39, 0.29) is 0 Å². The standard InChI is InChI=1S/C15H28N2O/c1-2-12-7-9-17(10-8-12)15(18)11-13-3-5-14(16)6-4-13/h12-14H,2-11,16H2,1H3. The highest BCUT2D eigenvalue weighted by Crippen LogP contribution is 2.27. The Kier molecular flexibility index (Phi) is 5.04. The fourth-order valence-electron chi connectivity index (χ4n) is 3.36. The number of carbonyl (C=O) groups is 1. The van der Waals surface area contributed by atoms with Gasteiger partial charge in [0.2, 0.25) is 5.91 Å². The van der Waals surface area contributed by atoms with Gasteiger partial charge in [0, 0.05) is 25.6 Å². The van der Waals surface area contributed by atoms with Crippen molar-refractivity contribution >= 4 is 5.91 Å². The second-order valence-corrected chi connectivity index (χ2v) is 6.22. The largest absolute Gasteiger partial charge is 0.343 e. The first-order valence-electron chi connectivity index (χ1n) is 7.72. The zero-order chi connectivity index (χ0) is 13.0. The molecule has 0 aromatic carbocycles. The summed E-state index contributed by atoms with van der Waals surface area (Å²) in [6.07, 6.45) is 8.96. The molecule has 2 aliphatic rings. The molecule has 1 saturated heterocycles. The molecule has 0 bridgehead atoms. The van der Waals surface area contributed by atoms with E-state index in [1.165, 1.54) is 19.3 Å². The van der Waals surface area contributed by atoms with Crippen LogP contribution in [-0.4, -0.2) is 29.9 Å². The number of rotatable bonds is 3. The summed E-state index contributed by atoms with van der Waals surface area (Å²) in [4.78, 5) is 14.3. The van der Waals surface area contributed by atoms with Crippen LogP contribution in [0.2, 0.25) is 0 Å². The highest BCUT2D eigenvalue weighted by molar-refractivity contribution is 5.76. The predicted molar refractivity (Wildman–Crippen MR) is 74.1 cm³/mol. The van der Waals surface area contributed by atoms with Crippen LogP contribution in [0.15, 0.2) is 0 Å². The van der Waals surface area contributed by atoms with Crippen molar-refractivity contribution in [3.8, 4) is 0 Å². The Morgan fingerprint density at radius 2 is 1.67 bits per heavy atom. The van der Waals surface area contributed by atoms with Gasteiger partial charge in [0.15, 0.2) is 0 Å². The highest BCUT2D eigenvalue weighted by atomic mass is 16.2. The first-order valence-corrected chi connectivity index (χ1v) is 7.72. The average molecular weight is 252 g/mol. The molecule has 3 nitrogen and oxygen atoms in total. The number of likely N-dealkylation sites (tertiary alicyclic amines) is 1. The maximum atomic E-state index is 12.2. The number of carbonyl (C=O) groups excluding carboxylic acids is 1. The average Bonchev–Trinajstić information content (AvgIpc) is 2.41. The summed E-state index contributed by atoms with van der Waals surface area (Å²) >= 11 is 0. The Balaban J connectivity index is 1.72. The number of nitrogens with two attached hydrogens (primary N) is 1. The van der Waals surface area contributed by atoms with E-state index in [9.17, 15) is 4.79 Å². The van der Waals surface area contributed by atoms with Crippen molar-refractivity contribution in [2.24, 2.45) is 17.6 Å². The lowest BCUT2D eigenvalue weighted by atomic mass is 9.84. The zero-order valence-corrected chi connectivity index (χ0v) is 11.7. The van der Waals surface area contributed by atoms with Crippen LogP contribution >= 0.6 is 0 Å². The van der Waals surface area contributed by atoms with Crippen molar-refractivity contribution in [3.63, 3.8) is 0 Å².